The van der Waals surface area contributed by atoms with Crippen LogP contribution in [0.15, 0.2) is 18.2 Å². The summed E-state index contributed by atoms with van der Waals surface area (Å²) in [5, 5.41) is 3.29. The van der Waals surface area contributed by atoms with Crippen LogP contribution in [-0.2, 0) is 12.8 Å². The Kier molecular flexibility index (Phi) is 3.06. The van der Waals surface area contributed by atoms with Crippen LogP contribution in [0.25, 0.3) is 0 Å². The quantitative estimate of drug-likeness (QED) is 0.786. The highest BCUT2D eigenvalue weighted by atomic mass is 19.1. The number of hydrogen-bond donors (Lipinski definition) is 1. The zero-order valence-electron chi connectivity index (χ0n) is 9.39. The van der Waals surface area contributed by atoms with Crippen LogP contribution in [0.2, 0.25) is 0 Å². The van der Waals surface area contributed by atoms with Crippen LogP contribution >= 0.6 is 0 Å². The lowest BCUT2D eigenvalue weighted by atomic mass is 9.80. The molecule has 0 amide bonds. The summed E-state index contributed by atoms with van der Waals surface area (Å²) in [5.74, 6) is 0.618. The minimum Gasteiger partial charge on any atom is -0.317 e. The third kappa shape index (κ3) is 2.05. The van der Waals surface area contributed by atoms with Gasteiger partial charge in [0.2, 0.25) is 0 Å². The second kappa shape index (κ2) is 4.31. The predicted octanol–water partition coefficient (Wildman–Crippen LogP) is 2.54. The van der Waals surface area contributed by atoms with E-state index in [-0.39, 0.29) is 5.82 Å². The lowest BCUT2D eigenvalue weighted by Crippen LogP contribution is -2.34. The summed E-state index contributed by atoms with van der Waals surface area (Å²) in [6.07, 6.45) is 2.99. The van der Waals surface area contributed by atoms with Gasteiger partial charge in [0.1, 0.15) is 5.82 Å². The highest BCUT2D eigenvalue weighted by molar-refractivity contribution is 5.31. The Morgan fingerprint density at radius 3 is 3.00 bits per heavy atom. The fraction of sp³-hybridized carbons (Fsp3) is 0.538. The van der Waals surface area contributed by atoms with Crippen LogP contribution in [-0.4, -0.2) is 13.1 Å². The van der Waals surface area contributed by atoms with Crippen molar-refractivity contribution in [2.24, 2.45) is 5.92 Å². The van der Waals surface area contributed by atoms with Crippen molar-refractivity contribution in [3.8, 4) is 0 Å². The zero-order valence-corrected chi connectivity index (χ0v) is 9.39. The van der Waals surface area contributed by atoms with Crippen LogP contribution in [0.3, 0.4) is 0 Å². The molecular weight excluding hydrogens is 189 g/mol. The molecule has 0 bridgehead atoms. The maximum Gasteiger partial charge on any atom is 0.126 e. The SMILES string of the molecule is CNC(C)C1CCc2c(F)cccc2C1. The van der Waals surface area contributed by atoms with Crippen LogP contribution in [0.5, 0.6) is 0 Å². The van der Waals surface area contributed by atoms with E-state index < -0.39 is 0 Å². The molecule has 0 fully saturated rings. The first kappa shape index (κ1) is 10.6. The summed E-state index contributed by atoms with van der Waals surface area (Å²) in [4.78, 5) is 0. The fourth-order valence-corrected chi connectivity index (χ4v) is 2.45. The van der Waals surface area contributed by atoms with Crippen molar-refractivity contribution in [3.63, 3.8) is 0 Å². The van der Waals surface area contributed by atoms with Gasteiger partial charge in [0.05, 0.1) is 0 Å². The van der Waals surface area contributed by atoms with Crippen LogP contribution < -0.4 is 5.32 Å². The minimum atomic E-state index is -0.0249. The first-order valence-corrected chi connectivity index (χ1v) is 5.66. The monoisotopic (exact) mass is 207 g/mol. The average Bonchev–Trinajstić information content (AvgIpc) is 2.28. The van der Waals surface area contributed by atoms with Crippen molar-refractivity contribution in [2.45, 2.75) is 32.2 Å². The van der Waals surface area contributed by atoms with Gasteiger partial charge in [-0.2, -0.15) is 0 Å². The third-order valence-corrected chi connectivity index (χ3v) is 3.63. The van der Waals surface area contributed by atoms with Crippen molar-refractivity contribution in [3.05, 3.63) is 35.1 Å². The summed E-state index contributed by atoms with van der Waals surface area (Å²) in [6, 6.07) is 5.97. The zero-order chi connectivity index (χ0) is 10.8. The maximum atomic E-state index is 13.5. The van der Waals surface area contributed by atoms with E-state index in [9.17, 15) is 4.39 Å². The first-order valence-electron chi connectivity index (χ1n) is 5.66. The van der Waals surface area contributed by atoms with Gasteiger partial charge in [-0.05, 0) is 56.3 Å². The van der Waals surface area contributed by atoms with Crippen molar-refractivity contribution in [2.75, 3.05) is 7.05 Å². The molecule has 0 aliphatic heterocycles. The smallest absolute Gasteiger partial charge is 0.126 e. The Bertz CT molecular complexity index is 348. The third-order valence-electron chi connectivity index (χ3n) is 3.63. The highest BCUT2D eigenvalue weighted by Gasteiger charge is 2.23. The summed E-state index contributed by atoms with van der Waals surface area (Å²) >= 11 is 0. The van der Waals surface area contributed by atoms with Crippen molar-refractivity contribution in [1.82, 2.24) is 5.32 Å². The van der Waals surface area contributed by atoms with Gasteiger partial charge in [-0.15, -0.1) is 0 Å². The number of nitrogens with one attached hydrogen (secondary N) is 1. The summed E-state index contributed by atoms with van der Waals surface area (Å²) in [7, 11) is 1.99. The second-order valence-corrected chi connectivity index (χ2v) is 4.46. The molecule has 1 aromatic carbocycles. The van der Waals surface area contributed by atoms with Gasteiger partial charge in [0, 0.05) is 6.04 Å². The van der Waals surface area contributed by atoms with Gasteiger partial charge in [-0.25, -0.2) is 4.39 Å². The van der Waals surface area contributed by atoms with Gasteiger partial charge >= 0.3 is 0 Å². The summed E-state index contributed by atoms with van der Waals surface area (Å²) in [6.45, 7) is 2.20. The van der Waals surface area contributed by atoms with E-state index in [2.05, 4.69) is 18.3 Å². The maximum absolute atomic E-state index is 13.5. The molecule has 1 aliphatic carbocycles. The summed E-state index contributed by atoms with van der Waals surface area (Å²) < 4.78 is 13.5. The number of hydrogen-bond acceptors (Lipinski definition) is 1. The van der Waals surface area contributed by atoms with Crippen molar-refractivity contribution in [1.29, 1.82) is 0 Å². The Morgan fingerprint density at radius 2 is 2.27 bits per heavy atom. The Hall–Kier alpha value is -0.890. The number of benzene rings is 1. The van der Waals surface area contributed by atoms with E-state index in [1.165, 1.54) is 5.56 Å². The lowest BCUT2D eigenvalue weighted by Gasteiger charge is -2.29. The van der Waals surface area contributed by atoms with Crippen LogP contribution in [0.4, 0.5) is 4.39 Å². The molecule has 0 radical (unpaired) electrons. The molecule has 1 N–H and O–H groups in total. The Morgan fingerprint density at radius 1 is 1.47 bits per heavy atom. The Labute approximate surface area is 90.7 Å². The van der Waals surface area contributed by atoms with E-state index in [1.807, 2.05) is 13.1 Å². The molecular formula is C13H18FN. The molecule has 0 saturated carbocycles. The molecule has 1 aromatic rings. The Balaban J connectivity index is 2.20. The van der Waals surface area contributed by atoms with Gasteiger partial charge < -0.3 is 5.32 Å². The molecule has 2 atom stereocenters. The van der Waals surface area contributed by atoms with E-state index >= 15 is 0 Å². The normalized spacial score (nSPS) is 22.2. The average molecular weight is 207 g/mol. The molecule has 0 heterocycles. The first-order chi connectivity index (χ1) is 7.22. The van der Waals surface area contributed by atoms with Crippen LogP contribution in [0.1, 0.15) is 24.5 Å². The van der Waals surface area contributed by atoms with Crippen molar-refractivity contribution < 1.29 is 4.39 Å². The standard InChI is InChI=1S/C13H18FN/c1-9(15-2)10-6-7-12-11(8-10)4-3-5-13(12)14/h3-5,9-10,15H,6-8H2,1-2H3. The van der Waals surface area contributed by atoms with Crippen LogP contribution in [0, 0.1) is 11.7 Å². The minimum absolute atomic E-state index is 0.0249. The van der Waals surface area contributed by atoms with E-state index in [0.29, 0.717) is 12.0 Å². The largest absolute Gasteiger partial charge is 0.317 e. The molecule has 2 heteroatoms. The lowest BCUT2D eigenvalue weighted by molar-refractivity contribution is 0.350. The van der Waals surface area contributed by atoms with E-state index in [1.54, 1.807) is 6.07 Å². The van der Waals surface area contributed by atoms with E-state index in [4.69, 9.17) is 0 Å². The van der Waals surface area contributed by atoms with Gasteiger partial charge in [0.25, 0.3) is 0 Å². The molecule has 15 heavy (non-hydrogen) atoms. The molecule has 1 aliphatic rings. The number of fused-ring (bicyclic) bond motifs is 1. The molecule has 1 nitrogen and oxygen atoms in total. The van der Waals surface area contributed by atoms with E-state index in [0.717, 1.165) is 24.8 Å². The molecule has 0 spiro atoms. The molecule has 0 saturated heterocycles. The van der Waals surface area contributed by atoms with Gasteiger partial charge in [0.15, 0.2) is 0 Å². The molecule has 2 unspecified atom stereocenters. The summed E-state index contributed by atoms with van der Waals surface area (Å²) in [5.41, 5.74) is 2.14. The van der Waals surface area contributed by atoms with Gasteiger partial charge in [-0.3, -0.25) is 0 Å². The second-order valence-electron chi connectivity index (χ2n) is 4.46. The van der Waals surface area contributed by atoms with Gasteiger partial charge in [-0.1, -0.05) is 12.1 Å². The topological polar surface area (TPSA) is 12.0 Å². The number of halogens is 1. The fourth-order valence-electron chi connectivity index (χ4n) is 2.45. The molecule has 2 rings (SSSR count). The highest BCUT2D eigenvalue weighted by Crippen LogP contribution is 2.28. The number of rotatable bonds is 2. The molecule has 82 valence electrons. The predicted molar refractivity (Wildman–Crippen MR) is 60.4 cm³/mol. The molecule has 0 aromatic heterocycles. The van der Waals surface area contributed by atoms with Crippen molar-refractivity contribution >= 4 is 0 Å².